The molecule has 1 aliphatic heterocycles. The molecule has 6 nitrogen and oxygen atoms in total. The van der Waals surface area contributed by atoms with Crippen LogP contribution in [0.5, 0.6) is 0 Å². The van der Waals surface area contributed by atoms with Gasteiger partial charge in [-0.3, -0.25) is 9.59 Å². The molecular weight excluding hydrogens is 192 g/mol. The van der Waals surface area contributed by atoms with Gasteiger partial charge < -0.3 is 19.7 Å². The van der Waals surface area contributed by atoms with Crippen molar-refractivity contribution in [1.29, 1.82) is 0 Å². The lowest BCUT2D eigenvalue weighted by Crippen LogP contribution is -2.45. The SMILES string of the molecule is CC(CO)C1(O)OC(=O)CCC(=O)O1. The minimum absolute atomic E-state index is 0.126. The van der Waals surface area contributed by atoms with Gasteiger partial charge in [0.25, 0.3) is 0 Å². The number of aliphatic hydroxyl groups is 2. The van der Waals surface area contributed by atoms with E-state index >= 15 is 0 Å². The summed E-state index contributed by atoms with van der Waals surface area (Å²) in [6, 6.07) is 0. The van der Waals surface area contributed by atoms with Gasteiger partial charge in [-0.2, -0.15) is 0 Å². The van der Waals surface area contributed by atoms with Crippen molar-refractivity contribution >= 4 is 11.9 Å². The number of ether oxygens (including phenoxy) is 2. The first-order chi connectivity index (χ1) is 6.48. The lowest BCUT2D eigenvalue weighted by molar-refractivity contribution is -0.346. The number of hydrogen-bond acceptors (Lipinski definition) is 6. The predicted molar refractivity (Wildman–Crippen MR) is 42.6 cm³/mol. The van der Waals surface area contributed by atoms with Crippen LogP contribution in [0.3, 0.4) is 0 Å². The maximum atomic E-state index is 11.0. The first kappa shape index (κ1) is 10.9. The van der Waals surface area contributed by atoms with E-state index in [0.29, 0.717) is 0 Å². The van der Waals surface area contributed by atoms with Crippen molar-refractivity contribution in [2.75, 3.05) is 6.61 Å². The van der Waals surface area contributed by atoms with Crippen LogP contribution in [-0.2, 0) is 19.1 Å². The molecule has 1 heterocycles. The zero-order valence-corrected chi connectivity index (χ0v) is 7.73. The molecule has 1 fully saturated rings. The molecule has 1 atom stereocenters. The molecule has 0 saturated carbocycles. The average molecular weight is 204 g/mol. The Morgan fingerprint density at radius 3 is 2.14 bits per heavy atom. The number of hydrogen-bond donors (Lipinski definition) is 2. The van der Waals surface area contributed by atoms with Crippen LogP contribution in [0.4, 0.5) is 0 Å². The second-order valence-electron chi connectivity index (χ2n) is 3.16. The van der Waals surface area contributed by atoms with E-state index < -0.39 is 30.4 Å². The van der Waals surface area contributed by atoms with Gasteiger partial charge in [0.2, 0.25) is 0 Å². The number of carbonyl (C=O) groups is 2. The number of rotatable bonds is 2. The van der Waals surface area contributed by atoms with E-state index in [0.717, 1.165) is 0 Å². The Kier molecular flexibility index (Phi) is 3.07. The molecule has 1 unspecified atom stereocenters. The highest BCUT2D eigenvalue weighted by atomic mass is 16.8. The van der Waals surface area contributed by atoms with Gasteiger partial charge in [0.05, 0.1) is 25.4 Å². The maximum absolute atomic E-state index is 11.0. The molecule has 1 rings (SSSR count). The Bertz CT molecular complexity index is 230. The summed E-state index contributed by atoms with van der Waals surface area (Å²) in [6.45, 7) is 0.933. The molecule has 0 aromatic rings. The Morgan fingerprint density at radius 2 is 1.79 bits per heavy atom. The van der Waals surface area contributed by atoms with Gasteiger partial charge in [0.1, 0.15) is 0 Å². The van der Waals surface area contributed by atoms with Gasteiger partial charge in [0.15, 0.2) is 0 Å². The highest BCUT2D eigenvalue weighted by Gasteiger charge is 2.44. The number of aliphatic hydroxyl groups excluding tert-OH is 1. The Balaban J connectivity index is 2.83. The summed E-state index contributed by atoms with van der Waals surface area (Å²) in [5.74, 6) is -4.66. The fourth-order valence-corrected chi connectivity index (χ4v) is 0.970. The molecule has 0 bridgehead atoms. The summed E-state index contributed by atoms with van der Waals surface area (Å²) in [5, 5.41) is 18.4. The van der Waals surface area contributed by atoms with Crippen molar-refractivity contribution in [2.24, 2.45) is 5.92 Å². The maximum Gasteiger partial charge on any atom is 0.378 e. The standard InChI is InChI=1S/C8H12O6/c1-5(4-9)8(12)13-6(10)2-3-7(11)14-8/h5,9,12H,2-4H2,1H3. The van der Waals surface area contributed by atoms with E-state index in [1.165, 1.54) is 6.92 Å². The third-order valence-electron chi connectivity index (χ3n) is 1.95. The summed E-state index contributed by atoms with van der Waals surface area (Å²) in [6.07, 6.45) is -0.251. The van der Waals surface area contributed by atoms with Crippen LogP contribution in [0, 0.1) is 5.92 Å². The van der Waals surface area contributed by atoms with Crippen LogP contribution in [-0.4, -0.2) is 34.7 Å². The van der Waals surface area contributed by atoms with Crippen molar-refractivity contribution in [1.82, 2.24) is 0 Å². The van der Waals surface area contributed by atoms with E-state index in [4.69, 9.17) is 5.11 Å². The van der Waals surface area contributed by atoms with Crippen LogP contribution >= 0.6 is 0 Å². The van der Waals surface area contributed by atoms with Gasteiger partial charge in [-0.15, -0.1) is 0 Å². The highest BCUT2D eigenvalue weighted by molar-refractivity contribution is 5.79. The van der Waals surface area contributed by atoms with Crippen molar-refractivity contribution in [2.45, 2.75) is 25.7 Å². The average Bonchev–Trinajstić information content (AvgIpc) is 2.24. The van der Waals surface area contributed by atoms with E-state index in [1.807, 2.05) is 0 Å². The molecule has 0 aliphatic carbocycles. The van der Waals surface area contributed by atoms with Crippen LogP contribution in [0.25, 0.3) is 0 Å². The largest absolute Gasteiger partial charge is 0.398 e. The van der Waals surface area contributed by atoms with Crippen LogP contribution < -0.4 is 0 Å². The van der Waals surface area contributed by atoms with E-state index in [2.05, 4.69) is 9.47 Å². The molecular formula is C8H12O6. The van der Waals surface area contributed by atoms with Crippen LogP contribution in [0.2, 0.25) is 0 Å². The molecule has 0 radical (unpaired) electrons. The summed E-state index contributed by atoms with van der Waals surface area (Å²) < 4.78 is 9.07. The van der Waals surface area contributed by atoms with E-state index in [1.54, 1.807) is 0 Å². The Hall–Kier alpha value is -1.14. The summed E-state index contributed by atoms with van der Waals surface area (Å²) in [5.41, 5.74) is 0. The fraction of sp³-hybridized carbons (Fsp3) is 0.750. The zero-order chi connectivity index (χ0) is 10.8. The van der Waals surface area contributed by atoms with Crippen molar-refractivity contribution < 1.29 is 29.3 Å². The molecule has 6 heteroatoms. The smallest absolute Gasteiger partial charge is 0.378 e. The van der Waals surface area contributed by atoms with Crippen LogP contribution in [0.15, 0.2) is 0 Å². The van der Waals surface area contributed by atoms with Crippen molar-refractivity contribution in [3.8, 4) is 0 Å². The minimum atomic E-state index is -2.33. The van der Waals surface area contributed by atoms with Gasteiger partial charge in [-0.1, -0.05) is 0 Å². The molecule has 80 valence electrons. The third kappa shape index (κ3) is 2.21. The van der Waals surface area contributed by atoms with Crippen molar-refractivity contribution in [3.63, 3.8) is 0 Å². The first-order valence-corrected chi connectivity index (χ1v) is 4.25. The van der Waals surface area contributed by atoms with Crippen LogP contribution in [0.1, 0.15) is 19.8 Å². The number of esters is 2. The molecule has 0 aromatic heterocycles. The van der Waals surface area contributed by atoms with Gasteiger partial charge >= 0.3 is 17.9 Å². The molecule has 1 aliphatic rings. The quantitative estimate of drug-likeness (QED) is 0.568. The predicted octanol–water partition coefficient (Wildman–Crippen LogP) is -0.859. The van der Waals surface area contributed by atoms with Gasteiger partial charge in [0, 0.05) is 0 Å². The Morgan fingerprint density at radius 1 is 1.36 bits per heavy atom. The minimum Gasteiger partial charge on any atom is -0.398 e. The van der Waals surface area contributed by atoms with E-state index in [9.17, 15) is 14.7 Å². The second kappa shape index (κ2) is 3.93. The zero-order valence-electron chi connectivity index (χ0n) is 7.73. The topological polar surface area (TPSA) is 93.1 Å². The normalized spacial score (nSPS) is 23.4. The Labute approximate surface area is 80.4 Å². The van der Waals surface area contributed by atoms with E-state index in [-0.39, 0.29) is 12.8 Å². The molecule has 0 aromatic carbocycles. The van der Waals surface area contributed by atoms with Gasteiger partial charge in [-0.25, -0.2) is 0 Å². The first-order valence-electron chi connectivity index (χ1n) is 4.25. The second-order valence-corrected chi connectivity index (χ2v) is 3.16. The third-order valence-corrected chi connectivity index (χ3v) is 1.95. The summed E-state index contributed by atoms with van der Waals surface area (Å²) >= 11 is 0. The lowest BCUT2D eigenvalue weighted by Gasteiger charge is -2.28. The molecule has 14 heavy (non-hydrogen) atoms. The lowest BCUT2D eigenvalue weighted by atomic mass is 10.1. The molecule has 2 N–H and O–H groups in total. The van der Waals surface area contributed by atoms with Gasteiger partial charge in [-0.05, 0) is 6.92 Å². The fourth-order valence-electron chi connectivity index (χ4n) is 0.970. The number of cyclic esters (lactones) is 2. The molecule has 0 amide bonds. The molecule has 0 spiro atoms. The summed E-state index contributed by atoms with van der Waals surface area (Å²) in [7, 11) is 0. The number of carbonyl (C=O) groups excluding carboxylic acids is 2. The highest BCUT2D eigenvalue weighted by Crippen LogP contribution is 2.25. The molecule has 1 saturated heterocycles. The summed E-state index contributed by atoms with van der Waals surface area (Å²) in [4.78, 5) is 21.9. The monoisotopic (exact) mass is 204 g/mol. The van der Waals surface area contributed by atoms with Crippen molar-refractivity contribution in [3.05, 3.63) is 0 Å².